The lowest BCUT2D eigenvalue weighted by Gasteiger charge is -2.31. The van der Waals surface area contributed by atoms with Crippen LogP contribution in [0.1, 0.15) is 52.7 Å². The second-order valence-corrected chi connectivity index (χ2v) is 9.43. The fourth-order valence-electron chi connectivity index (χ4n) is 3.70. The van der Waals surface area contributed by atoms with Crippen molar-refractivity contribution in [3.05, 3.63) is 76.4 Å². The number of aliphatic imine (C=N–C) groups is 1. The van der Waals surface area contributed by atoms with E-state index in [1.165, 1.54) is 25.6 Å². The number of amides is 1. The van der Waals surface area contributed by atoms with Gasteiger partial charge in [-0.3, -0.25) is 9.79 Å². The van der Waals surface area contributed by atoms with Crippen molar-refractivity contribution >= 4 is 29.4 Å². The molecule has 0 unspecified atom stereocenters. The Hall–Kier alpha value is -3.06. The van der Waals surface area contributed by atoms with E-state index >= 15 is 0 Å². The monoisotopic (exact) mass is 496 g/mol. The molecule has 0 radical (unpaired) electrons. The third kappa shape index (κ3) is 6.98. The maximum Gasteiger partial charge on any atom is 0.347 e. The number of hydrogen-bond acceptors (Lipinski definition) is 5. The molecular weight excluding hydrogens is 460 g/mol. The van der Waals surface area contributed by atoms with Crippen LogP contribution in [0.15, 0.2) is 70.2 Å². The van der Waals surface area contributed by atoms with Crippen LogP contribution < -0.4 is 4.74 Å². The number of hydrogen-bond donors (Lipinski definition) is 1. The van der Waals surface area contributed by atoms with Crippen molar-refractivity contribution in [3.63, 3.8) is 0 Å². The van der Waals surface area contributed by atoms with E-state index in [-0.39, 0.29) is 5.91 Å². The topological polar surface area (TPSA) is 79.2 Å². The zero-order valence-corrected chi connectivity index (χ0v) is 22.4. The van der Waals surface area contributed by atoms with Crippen LogP contribution in [0.4, 0.5) is 0 Å². The number of aliphatic carboxylic acids is 1. The quantitative estimate of drug-likeness (QED) is 0.472. The van der Waals surface area contributed by atoms with Gasteiger partial charge in [-0.15, -0.1) is 11.8 Å². The number of carbonyl (C=O) groups is 2. The van der Waals surface area contributed by atoms with Gasteiger partial charge < -0.3 is 14.7 Å². The molecule has 2 aliphatic rings. The summed E-state index contributed by atoms with van der Waals surface area (Å²) in [6.07, 6.45) is 8.32. The van der Waals surface area contributed by atoms with E-state index in [1.807, 2.05) is 63.0 Å². The average Bonchev–Trinajstić information content (AvgIpc) is 2.84. The first kappa shape index (κ1) is 28.2. The summed E-state index contributed by atoms with van der Waals surface area (Å²) in [5, 5.41) is 9.29. The Balaban J connectivity index is 0.00000210. The van der Waals surface area contributed by atoms with Crippen LogP contribution in [0.5, 0.6) is 5.75 Å². The fraction of sp³-hybridized carbons (Fsp3) is 0.393. The minimum absolute atomic E-state index is 0.00132. The van der Waals surface area contributed by atoms with E-state index in [4.69, 9.17) is 9.73 Å². The molecule has 7 heteroatoms. The highest BCUT2D eigenvalue weighted by Gasteiger charge is 2.31. The van der Waals surface area contributed by atoms with Crippen molar-refractivity contribution in [1.82, 2.24) is 4.90 Å². The standard InChI is InChI=1S/C26H30N2O4S.C2H6/c1-6-8-18(9-7-2)22-16-33-23(17(3)27-22)24(29)28-13-12-19-14-21(11-10-20(19)15-28)32-26(4,5)25(30)31;1-2/h6-11,14H,1,12-13,15-16H2,2-5H3,(H,30,31);1-2H3/b9-7-,18-8+;. The summed E-state index contributed by atoms with van der Waals surface area (Å²) in [6, 6.07) is 5.56. The summed E-state index contributed by atoms with van der Waals surface area (Å²) in [4.78, 5) is 31.9. The van der Waals surface area contributed by atoms with Gasteiger partial charge >= 0.3 is 5.97 Å². The molecule has 1 aromatic rings. The number of carboxylic acid groups (broad SMARTS) is 1. The van der Waals surface area contributed by atoms with Gasteiger partial charge in [0.1, 0.15) is 5.75 Å². The summed E-state index contributed by atoms with van der Waals surface area (Å²) >= 11 is 1.53. The number of benzene rings is 1. The van der Waals surface area contributed by atoms with Crippen LogP contribution in [0.25, 0.3) is 0 Å². The molecule has 0 saturated carbocycles. The predicted molar refractivity (Wildman–Crippen MR) is 145 cm³/mol. The number of thioether (sulfide) groups is 1. The largest absolute Gasteiger partial charge is 0.478 e. The summed E-state index contributed by atoms with van der Waals surface area (Å²) in [5.41, 5.74) is 3.49. The van der Waals surface area contributed by atoms with Crippen LogP contribution in [0, 0.1) is 0 Å². The third-order valence-corrected chi connectivity index (χ3v) is 6.70. The van der Waals surface area contributed by atoms with Gasteiger partial charge in [-0.25, -0.2) is 4.79 Å². The van der Waals surface area contributed by atoms with Gasteiger partial charge in [0, 0.05) is 18.8 Å². The highest BCUT2D eigenvalue weighted by atomic mass is 32.2. The van der Waals surface area contributed by atoms with Gasteiger partial charge in [0.25, 0.3) is 5.91 Å². The SMILES string of the molecule is C=C/C=C(\C=C/C)C1=NC(C)=C(C(=O)N2CCc3cc(OC(C)(C)C(=O)O)ccc3C2)SC1.CC. The molecule has 0 atom stereocenters. The maximum atomic E-state index is 13.3. The zero-order chi connectivity index (χ0) is 26.2. The lowest BCUT2D eigenvalue weighted by molar-refractivity contribution is -0.152. The Kier molecular flexibility index (Phi) is 10.1. The summed E-state index contributed by atoms with van der Waals surface area (Å²) in [6.45, 7) is 15.8. The molecule has 2 aliphatic heterocycles. The molecule has 1 aromatic carbocycles. The summed E-state index contributed by atoms with van der Waals surface area (Å²) in [5.74, 6) is 0.133. The number of carboxylic acids is 1. The van der Waals surface area contributed by atoms with Crippen molar-refractivity contribution in [3.8, 4) is 5.75 Å². The first-order chi connectivity index (χ1) is 16.7. The Bertz CT molecular complexity index is 1100. The number of rotatable bonds is 7. The van der Waals surface area contributed by atoms with E-state index in [0.29, 0.717) is 35.9 Å². The molecule has 3 rings (SSSR count). The minimum atomic E-state index is -1.31. The first-order valence-corrected chi connectivity index (χ1v) is 12.9. The number of ether oxygens (including phenoxy) is 1. The Morgan fingerprint density at radius 3 is 2.57 bits per heavy atom. The second-order valence-electron chi connectivity index (χ2n) is 8.44. The first-order valence-electron chi connectivity index (χ1n) is 11.9. The molecule has 0 aliphatic carbocycles. The van der Waals surface area contributed by atoms with Gasteiger partial charge in [0.05, 0.1) is 16.3 Å². The molecule has 1 amide bonds. The highest BCUT2D eigenvalue weighted by Crippen LogP contribution is 2.32. The van der Waals surface area contributed by atoms with Crippen LogP contribution in [-0.2, 0) is 22.6 Å². The van der Waals surface area contributed by atoms with Gasteiger partial charge in [0.2, 0.25) is 0 Å². The molecule has 6 nitrogen and oxygen atoms in total. The van der Waals surface area contributed by atoms with Crippen LogP contribution in [0.2, 0.25) is 0 Å². The molecule has 0 fully saturated rings. The molecule has 0 saturated heterocycles. The van der Waals surface area contributed by atoms with E-state index in [1.54, 1.807) is 12.1 Å². The number of allylic oxidation sites excluding steroid dienone is 6. The molecule has 1 N–H and O–H groups in total. The van der Waals surface area contributed by atoms with E-state index in [0.717, 1.165) is 28.1 Å². The molecule has 0 aromatic heterocycles. The normalized spacial score (nSPS) is 16.2. The number of carbonyl (C=O) groups excluding carboxylic acids is 1. The molecule has 188 valence electrons. The van der Waals surface area contributed by atoms with Gasteiger partial charge in [-0.1, -0.05) is 50.8 Å². The summed E-state index contributed by atoms with van der Waals surface area (Å²) in [7, 11) is 0. The van der Waals surface area contributed by atoms with Crippen molar-refractivity contribution in [2.24, 2.45) is 4.99 Å². The van der Waals surface area contributed by atoms with Gasteiger partial charge in [-0.2, -0.15) is 0 Å². The smallest absolute Gasteiger partial charge is 0.347 e. The van der Waals surface area contributed by atoms with E-state index < -0.39 is 11.6 Å². The minimum Gasteiger partial charge on any atom is -0.478 e. The maximum absolute atomic E-state index is 13.3. The van der Waals surface area contributed by atoms with Gasteiger partial charge in [-0.05, 0) is 62.9 Å². The lowest BCUT2D eigenvalue weighted by Crippen LogP contribution is -2.38. The Morgan fingerprint density at radius 1 is 1.26 bits per heavy atom. The lowest BCUT2D eigenvalue weighted by atomic mass is 9.99. The van der Waals surface area contributed by atoms with Gasteiger partial charge in [0.15, 0.2) is 5.60 Å². The van der Waals surface area contributed by atoms with Crippen LogP contribution in [-0.4, -0.2) is 45.5 Å². The third-order valence-electron chi connectivity index (χ3n) is 5.52. The highest BCUT2D eigenvalue weighted by molar-refractivity contribution is 8.04. The predicted octanol–water partition coefficient (Wildman–Crippen LogP) is 5.95. The van der Waals surface area contributed by atoms with Crippen LogP contribution in [0.3, 0.4) is 0 Å². The zero-order valence-electron chi connectivity index (χ0n) is 21.6. The van der Waals surface area contributed by atoms with Crippen molar-refractivity contribution in [2.75, 3.05) is 12.3 Å². The van der Waals surface area contributed by atoms with Crippen LogP contribution >= 0.6 is 11.8 Å². The number of nitrogens with zero attached hydrogens (tertiary/aromatic N) is 2. The molecule has 2 heterocycles. The molecule has 0 spiro atoms. The van der Waals surface area contributed by atoms with Crippen molar-refractivity contribution in [1.29, 1.82) is 0 Å². The Labute approximate surface area is 213 Å². The van der Waals surface area contributed by atoms with Crippen molar-refractivity contribution in [2.45, 2.75) is 60.1 Å². The summed E-state index contributed by atoms with van der Waals surface area (Å²) < 4.78 is 5.66. The number of fused-ring (bicyclic) bond motifs is 1. The van der Waals surface area contributed by atoms with Crippen molar-refractivity contribution < 1.29 is 19.4 Å². The average molecular weight is 497 g/mol. The fourth-order valence-corrected chi connectivity index (χ4v) is 4.72. The molecular formula is C28H36N2O4S. The second kappa shape index (κ2) is 12.6. The van der Waals surface area contributed by atoms with E-state index in [9.17, 15) is 14.7 Å². The molecule has 0 bridgehead atoms. The van der Waals surface area contributed by atoms with E-state index in [2.05, 4.69) is 6.58 Å². The Morgan fingerprint density at radius 2 is 1.97 bits per heavy atom. The molecule has 35 heavy (non-hydrogen) atoms.